The third-order valence-electron chi connectivity index (χ3n) is 3.71. The number of halogens is 1. The zero-order chi connectivity index (χ0) is 15.7. The molecule has 0 unspecified atom stereocenters. The second-order valence-corrected chi connectivity index (χ2v) is 5.41. The van der Waals surface area contributed by atoms with Crippen molar-refractivity contribution >= 4 is 16.7 Å². The first-order chi connectivity index (χ1) is 10.5. The molecule has 0 aliphatic rings. The largest absolute Gasteiger partial charge is 0.423 e. The third-order valence-corrected chi connectivity index (χ3v) is 3.71. The summed E-state index contributed by atoms with van der Waals surface area (Å²) in [6.45, 7) is 2.53. The SMILES string of the molecule is Cc1cc(=O)oc2cc(N(C)Cc3ccc(F)cc3)ccc12. The lowest BCUT2D eigenvalue weighted by Crippen LogP contribution is -2.16. The lowest BCUT2D eigenvalue weighted by molar-refractivity contribution is 0.560. The maximum Gasteiger partial charge on any atom is 0.336 e. The van der Waals surface area contributed by atoms with Crippen LogP contribution in [0.5, 0.6) is 0 Å². The number of fused-ring (bicyclic) bond motifs is 1. The van der Waals surface area contributed by atoms with Crippen LogP contribution in [0, 0.1) is 12.7 Å². The summed E-state index contributed by atoms with van der Waals surface area (Å²) in [6.07, 6.45) is 0. The van der Waals surface area contributed by atoms with Crippen molar-refractivity contribution in [1.82, 2.24) is 0 Å². The van der Waals surface area contributed by atoms with E-state index in [2.05, 4.69) is 0 Å². The number of anilines is 1. The van der Waals surface area contributed by atoms with Crippen LogP contribution in [0.4, 0.5) is 10.1 Å². The van der Waals surface area contributed by atoms with Crippen molar-refractivity contribution in [3.8, 4) is 0 Å². The number of hydrogen-bond acceptors (Lipinski definition) is 3. The van der Waals surface area contributed by atoms with E-state index in [0.29, 0.717) is 12.1 Å². The fourth-order valence-electron chi connectivity index (χ4n) is 2.51. The first-order valence-electron chi connectivity index (χ1n) is 7.03. The summed E-state index contributed by atoms with van der Waals surface area (Å²) in [5.74, 6) is -0.241. The van der Waals surface area contributed by atoms with Gasteiger partial charge in [0.1, 0.15) is 11.4 Å². The third kappa shape index (κ3) is 2.86. The van der Waals surface area contributed by atoms with Gasteiger partial charge in [-0.05, 0) is 42.3 Å². The van der Waals surface area contributed by atoms with Gasteiger partial charge in [0.25, 0.3) is 0 Å². The van der Waals surface area contributed by atoms with E-state index in [1.807, 2.05) is 37.1 Å². The molecule has 2 aromatic carbocycles. The molecule has 0 saturated carbocycles. The number of rotatable bonds is 3. The van der Waals surface area contributed by atoms with E-state index >= 15 is 0 Å². The van der Waals surface area contributed by atoms with E-state index in [4.69, 9.17) is 4.42 Å². The number of hydrogen-bond donors (Lipinski definition) is 0. The van der Waals surface area contributed by atoms with Crippen LogP contribution in [0.2, 0.25) is 0 Å². The first kappa shape index (κ1) is 14.3. The average Bonchev–Trinajstić information content (AvgIpc) is 2.48. The Morgan fingerprint density at radius 1 is 1.09 bits per heavy atom. The first-order valence-corrected chi connectivity index (χ1v) is 7.03. The van der Waals surface area contributed by atoms with Crippen molar-refractivity contribution < 1.29 is 8.81 Å². The second kappa shape index (κ2) is 5.64. The lowest BCUT2D eigenvalue weighted by Gasteiger charge is -2.19. The van der Waals surface area contributed by atoms with Crippen molar-refractivity contribution in [2.75, 3.05) is 11.9 Å². The molecule has 0 aliphatic carbocycles. The minimum atomic E-state index is -0.344. The van der Waals surface area contributed by atoms with Gasteiger partial charge in [0, 0.05) is 36.8 Å². The molecule has 3 aromatic rings. The lowest BCUT2D eigenvalue weighted by atomic mass is 10.1. The minimum absolute atomic E-state index is 0.241. The molecule has 22 heavy (non-hydrogen) atoms. The molecule has 4 heteroatoms. The Kier molecular flexibility index (Phi) is 3.67. The van der Waals surface area contributed by atoms with E-state index in [1.165, 1.54) is 18.2 Å². The Balaban J connectivity index is 1.92. The molecule has 0 saturated heterocycles. The summed E-state index contributed by atoms with van der Waals surface area (Å²) in [6, 6.07) is 13.7. The van der Waals surface area contributed by atoms with E-state index in [0.717, 1.165) is 22.2 Å². The zero-order valence-electron chi connectivity index (χ0n) is 12.5. The van der Waals surface area contributed by atoms with Crippen LogP contribution < -0.4 is 10.5 Å². The number of benzene rings is 2. The summed E-state index contributed by atoms with van der Waals surface area (Å²) < 4.78 is 18.2. The molecule has 0 radical (unpaired) electrons. The van der Waals surface area contributed by atoms with Crippen LogP contribution >= 0.6 is 0 Å². The van der Waals surface area contributed by atoms with Gasteiger partial charge in [-0.15, -0.1) is 0 Å². The second-order valence-electron chi connectivity index (χ2n) is 5.41. The van der Waals surface area contributed by atoms with Crippen LogP contribution in [-0.2, 0) is 6.54 Å². The topological polar surface area (TPSA) is 33.5 Å². The molecule has 1 heterocycles. The minimum Gasteiger partial charge on any atom is -0.423 e. The van der Waals surface area contributed by atoms with Crippen LogP contribution in [0.25, 0.3) is 11.0 Å². The smallest absolute Gasteiger partial charge is 0.336 e. The summed E-state index contributed by atoms with van der Waals surface area (Å²) in [5, 5.41) is 0.929. The van der Waals surface area contributed by atoms with Crippen LogP contribution in [0.3, 0.4) is 0 Å². The standard InChI is InChI=1S/C18H16FNO2/c1-12-9-18(21)22-17-10-15(7-8-16(12)17)20(2)11-13-3-5-14(19)6-4-13/h3-10H,11H2,1-2H3. The molecule has 0 atom stereocenters. The summed E-state index contributed by atoms with van der Waals surface area (Å²) in [7, 11) is 1.94. The molecule has 3 nitrogen and oxygen atoms in total. The van der Waals surface area contributed by atoms with Gasteiger partial charge in [0.05, 0.1) is 0 Å². The maximum atomic E-state index is 12.9. The fraction of sp³-hybridized carbons (Fsp3) is 0.167. The molecule has 0 fully saturated rings. The van der Waals surface area contributed by atoms with Gasteiger partial charge in [0.2, 0.25) is 0 Å². The molecule has 0 N–H and O–H groups in total. The van der Waals surface area contributed by atoms with E-state index in [9.17, 15) is 9.18 Å². The van der Waals surface area contributed by atoms with Gasteiger partial charge in [-0.2, -0.15) is 0 Å². The Labute approximate surface area is 127 Å². The monoisotopic (exact) mass is 297 g/mol. The molecule has 0 spiro atoms. The Morgan fingerprint density at radius 2 is 1.82 bits per heavy atom. The molecule has 112 valence electrons. The molecule has 0 bridgehead atoms. The summed E-state index contributed by atoms with van der Waals surface area (Å²) in [4.78, 5) is 13.5. The van der Waals surface area contributed by atoms with E-state index in [1.54, 1.807) is 12.1 Å². The highest BCUT2D eigenvalue weighted by molar-refractivity contribution is 5.83. The molecule has 0 aliphatic heterocycles. The van der Waals surface area contributed by atoms with Crippen molar-refractivity contribution in [3.63, 3.8) is 0 Å². The van der Waals surface area contributed by atoms with Crippen molar-refractivity contribution in [2.45, 2.75) is 13.5 Å². The van der Waals surface area contributed by atoms with Gasteiger partial charge >= 0.3 is 5.63 Å². The van der Waals surface area contributed by atoms with E-state index in [-0.39, 0.29) is 11.4 Å². The molecular weight excluding hydrogens is 281 g/mol. The zero-order valence-corrected chi connectivity index (χ0v) is 12.5. The van der Waals surface area contributed by atoms with Gasteiger partial charge in [-0.25, -0.2) is 9.18 Å². The normalized spacial score (nSPS) is 10.9. The summed E-state index contributed by atoms with van der Waals surface area (Å²) >= 11 is 0. The average molecular weight is 297 g/mol. The predicted octanol–water partition coefficient (Wildman–Crippen LogP) is 3.88. The van der Waals surface area contributed by atoms with Crippen molar-refractivity contribution in [2.24, 2.45) is 0 Å². The van der Waals surface area contributed by atoms with Gasteiger partial charge < -0.3 is 9.32 Å². The Hall–Kier alpha value is -2.62. The molecule has 3 rings (SSSR count). The highest BCUT2D eigenvalue weighted by atomic mass is 19.1. The predicted molar refractivity (Wildman–Crippen MR) is 85.7 cm³/mol. The van der Waals surface area contributed by atoms with Crippen LogP contribution in [-0.4, -0.2) is 7.05 Å². The highest BCUT2D eigenvalue weighted by Crippen LogP contribution is 2.23. The van der Waals surface area contributed by atoms with Gasteiger partial charge in [-0.3, -0.25) is 0 Å². The van der Waals surface area contributed by atoms with E-state index < -0.39 is 0 Å². The van der Waals surface area contributed by atoms with Crippen molar-refractivity contribution in [1.29, 1.82) is 0 Å². The Morgan fingerprint density at radius 3 is 2.55 bits per heavy atom. The molecule has 1 aromatic heterocycles. The molecular formula is C18H16FNO2. The van der Waals surface area contributed by atoms with Crippen LogP contribution in [0.1, 0.15) is 11.1 Å². The number of aryl methyl sites for hydroxylation is 1. The maximum absolute atomic E-state index is 12.9. The quantitative estimate of drug-likeness (QED) is 0.688. The fourth-order valence-corrected chi connectivity index (χ4v) is 2.51. The van der Waals surface area contributed by atoms with Gasteiger partial charge in [0.15, 0.2) is 0 Å². The van der Waals surface area contributed by atoms with Crippen molar-refractivity contribution in [3.05, 3.63) is 75.9 Å². The highest BCUT2D eigenvalue weighted by Gasteiger charge is 2.07. The van der Waals surface area contributed by atoms with Gasteiger partial charge in [-0.1, -0.05) is 12.1 Å². The number of nitrogens with zero attached hydrogens (tertiary/aromatic N) is 1. The van der Waals surface area contributed by atoms with Crippen LogP contribution in [0.15, 0.2) is 57.7 Å². The molecule has 0 amide bonds. The summed E-state index contributed by atoms with van der Waals surface area (Å²) in [5.41, 5.74) is 3.08. The Bertz CT molecular complexity index is 868.